The number of hydrogen-bond acceptors (Lipinski definition) is 4. The van der Waals surface area contributed by atoms with Gasteiger partial charge in [-0.15, -0.1) is 0 Å². The maximum atomic E-state index is 14.2. The fraction of sp³-hybridized carbons (Fsp3) is 0.273. The van der Waals surface area contributed by atoms with Crippen LogP contribution in [0.4, 0.5) is 25.0 Å². The van der Waals surface area contributed by atoms with Gasteiger partial charge in [0.15, 0.2) is 0 Å². The van der Waals surface area contributed by atoms with Crippen molar-refractivity contribution in [2.75, 3.05) is 23.3 Å². The van der Waals surface area contributed by atoms with Crippen LogP contribution < -0.4 is 15.5 Å². The second-order valence-corrected chi connectivity index (χ2v) is 7.81. The largest absolute Gasteiger partial charge is 0.325 e. The third-order valence-electron chi connectivity index (χ3n) is 5.58. The lowest BCUT2D eigenvalue weighted by Crippen LogP contribution is -2.42. The summed E-state index contributed by atoms with van der Waals surface area (Å²) in [5.74, 6) is -3.10. The SMILES string of the molecule is CC1(c2cc(F)ccc2F)NC(=O)N(CC(=O)Nc2ccc(N3CCCC3=O)cc2)C1=O. The number of nitrogens with one attached hydrogen (secondary N) is 2. The zero-order valence-corrected chi connectivity index (χ0v) is 17.2. The number of benzene rings is 2. The van der Waals surface area contributed by atoms with Crippen molar-refractivity contribution in [3.05, 3.63) is 59.7 Å². The van der Waals surface area contributed by atoms with E-state index < -0.39 is 41.6 Å². The third-order valence-corrected chi connectivity index (χ3v) is 5.58. The van der Waals surface area contributed by atoms with E-state index in [1.54, 1.807) is 29.2 Å². The summed E-state index contributed by atoms with van der Waals surface area (Å²) in [6.45, 7) is 1.28. The number of nitrogens with zero attached hydrogens (tertiary/aromatic N) is 2. The van der Waals surface area contributed by atoms with E-state index in [-0.39, 0.29) is 11.5 Å². The summed E-state index contributed by atoms with van der Waals surface area (Å²) < 4.78 is 27.8. The van der Waals surface area contributed by atoms with Crippen molar-refractivity contribution in [2.45, 2.75) is 25.3 Å². The first kappa shape index (κ1) is 21.4. The molecule has 1 unspecified atom stereocenters. The van der Waals surface area contributed by atoms with Gasteiger partial charge in [-0.3, -0.25) is 19.3 Å². The van der Waals surface area contributed by atoms with Gasteiger partial charge in [0, 0.05) is 29.9 Å². The lowest BCUT2D eigenvalue weighted by Gasteiger charge is -2.22. The normalized spacial score (nSPS) is 20.7. The van der Waals surface area contributed by atoms with Crippen LogP contribution in [0.5, 0.6) is 0 Å². The minimum atomic E-state index is -1.84. The predicted octanol–water partition coefficient (Wildman–Crippen LogP) is 2.50. The van der Waals surface area contributed by atoms with Gasteiger partial charge in [0.05, 0.1) is 0 Å². The van der Waals surface area contributed by atoms with E-state index in [1.807, 2.05) is 0 Å². The Morgan fingerprint density at radius 2 is 1.84 bits per heavy atom. The Morgan fingerprint density at radius 1 is 1.12 bits per heavy atom. The highest BCUT2D eigenvalue weighted by Crippen LogP contribution is 2.31. The van der Waals surface area contributed by atoms with Gasteiger partial charge in [-0.05, 0) is 55.8 Å². The Labute approximate surface area is 182 Å². The Bertz CT molecular complexity index is 1120. The van der Waals surface area contributed by atoms with E-state index >= 15 is 0 Å². The minimum Gasteiger partial charge on any atom is -0.325 e. The molecule has 0 radical (unpaired) electrons. The van der Waals surface area contributed by atoms with Gasteiger partial charge in [-0.1, -0.05) is 0 Å². The van der Waals surface area contributed by atoms with Gasteiger partial charge in [0.25, 0.3) is 5.91 Å². The molecule has 0 aliphatic carbocycles. The zero-order chi connectivity index (χ0) is 23.0. The molecule has 0 bridgehead atoms. The van der Waals surface area contributed by atoms with Crippen LogP contribution in [0.15, 0.2) is 42.5 Å². The highest BCUT2D eigenvalue weighted by atomic mass is 19.1. The first-order valence-corrected chi connectivity index (χ1v) is 9.99. The number of imide groups is 1. The monoisotopic (exact) mass is 442 g/mol. The summed E-state index contributed by atoms with van der Waals surface area (Å²) in [7, 11) is 0. The van der Waals surface area contributed by atoms with Gasteiger partial charge in [-0.25, -0.2) is 13.6 Å². The van der Waals surface area contributed by atoms with Crippen molar-refractivity contribution < 1.29 is 28.0 Å². The van der Waals surface area contributed by atoms with Crippen LogP contribution in [0, 0.1) is 11.6 Å². The van der Waals surface area contributed by atoms with Crippen molar-refractivity contribution in [3.8, 4) is 0 Å². The molecule has 2 aromatic rings. The van der Waals surface area contributed by atoms with E-state index in [0.29, 0.717) is 29.2 Å². The molecule has 0 aromatic heterocycles. The van der Waals surface area contributed by atoms with E-state index in [0.717, 1.165) is 24.6 Å². The number of carbonyl (C=O) groups is 4. The molecule has 0 spiro atoms. The fourth-order valence-corrected chi connectivity index (χ4v) is 3.89. The van der Waals surface area contributed by atoms with Crippen molar-refractivity contribution in [3.63, 3.8) is 0 Å². The van der Waals surface area contributed by atoms with E-state index in [2.05, 4.69) is 10.6 Å². The number of halogens is 2. The van der Waals surface area contributed by atoms with Crippen molar-refractivity contribution in [1.29, 1.82) is 0 Å². The van der Waals surface area contributed by atoms with E-state index in [9.17, 15) is 28.0 Å². The number of urea groups is 1. The molecular formula is C22H20F2N4O4. The molecule has 2 saturated heterocycles. The van der Waals surface area contributed by atoms with Crippen LogP contribution in [0.2, 0.25) is 0 Å². The zero-order valence-electron chi connectivity index (χ0n) is 17.2. The number of rotatable bonds is 5. The van der Waals surface area contributed by atoms with Gasteiger partial charge < -0.3 is 15.5 Å². The van der Waals surface area contributed by atoms with Gasteiger partial charge >= 0.3 is 6.03 Å². The first-order valence-electron chi connectivity index (χ1n) is 9.99. The molecule has 5 amide bonds. The summed E-state index contributed by atoms with van der Waals surface area (Å²) in [6.07, 6.45) is 1.30. The second kappa shape index (κ2) is 8.03. The number of carbonyl (C=O) groups excluding carboxylic acids is 4. The Kier molecular flexibility index (Phi) is 5.37. The van der Waals surface area contributed by atoms with Crippen LogP contribution in [-0.4, -0.2) is 41.7 Å². The highest BCUT2D eigenvalue weighted by molar-refractivity contribution is 6.10. The number of amides is 5. The number of hydrogen-bond donors (Lipinski definition) is 2. The third kappa shape index (κ3) is 3.79. The van der Waals surface area contributed by atoms with Crippen LogP contribution in [0.1, 0.15) is 25.3 Å². The fourth-order valence-electron chi connectivity index (χ4n) is 3.89. The molecule has 2 aromatic carbocycles. The standard InChI is InChI=1S/C22H20F2N4O4/c1-22(16-11-13(23)4-9-17(16)24)20(31)28(21(32)26-22)12-18(29)25-14-5-7-15(8-6-14)27-10-2-3-19(27)30/h4-9,11H,2-3,10,12H2,1H3,(H,25,29)(H,26,32). The first-order chi connectivity index (χ1) is 15.2. The average molecular weight is 442 g/mol. The molecule has 10 heteroatoms. The summed E-state index contributed by atoms with van der Waals surface area (Å²) in [4.78, 5) is 51.8. The molecule has 166 valence electrons. The van der Waals surface area contributed by atoms with Crippen LogP contribution in [-0.2, 0) is 19.9 Å². The summed E-state index contributed by atoms with van der Waals surface area (Å²) in [5.41, 5.74) is -1.04. The Morgan fingerprint density at radius 3 is 2.50 bits per heavy atom. The van der Waals surface area contributed by atoms with E-state index in [1.165, 1.54) is 6.92 Å². The molecule has 1 atom stereocenters. The highest BCUT2D eigenvalue weighted by Gasteiger charge is 2.50. The van der Waals surface area contributed by atoms with Crippen molar-refractivity contribution in [2.24, 2.45) is 0 Å². The molecule has 32 heavy (non-hydrogen) atoms. The molecule has 2 aliphatic rings. The van der Waals surface area contributed by atoms with Crippen LogP contribution in [0.25, 0.3) is 0 Å². The smallest absolute Gasteiger partial charge is 0.325 e. The average Bonchev–Trinajstić information content (AvgIpc) is 3.27. The van der Waals surface area contributed by atoms with E-state index in [4.69, 9.17) is 0 Å². The maximum absolute atomic E-state index is 14.2. The molecule has 8 nitrogen and oxygen atoms in total. The Balaban J connectivity index is 1.44. The lowest BCUT2D eigenvalue weighted by atomic mass is 9.91. The second-order valence-electron chi connectivity index (χ2n) is 7.81. The molecule has 4 rings (SSSR count). The molecule has 2 fully saturated rings. The maximum Gasteiger partial charge on any atom is 0.325 e. The molecule has 2 heterocycles. The quantitative estimate of drug-likeness (QED) is 0.695. The predicted molar refractivity (Wildman–Crippen MR) is 111 cm³/mol. The molecule has 2 N–H and O–H groups in total. The van der Waals surface area contributed by atoms with Gasteiger partial charge in [0.1, 0.15) is 23.7 Å². The van der Waals surface area contributed by atoms with Crippen LogP contribution in [0.3, 0.4) is 0 Å². The van der Waals surface area contributed by atoms with Crippen molar-refractivity contribution in [1.82, 2.24) is 10.2 Å². The van der Waals surface area contributed by atoms with Gasteiger partial charge in [0.2, 0.25) is 11.8 Å². The lowest BCUT2D eigenvalue weighted by molar-refractivity contribution is -0.133. The van der Waals surface area contributed by atoms with Gasteiger partial charge in [-0.2, -0.15) is 0 Å². The molecule has 2 aliphatic heterocycles. The van der Waals surface area contributed by atoms with Crippen LogP contribution >= 0.6 is 0 Å². The van der Waals surface area contributed by atoms with Crippen molar-refractivity contribution >= 4 is 35.1 Å². The number of anilines is 2. The molecular weight excluding hydrogens is 422 g/mol. The Hall–Kier alpha value is -3.82. The topological polar surface area (TPSA) is 98.8 Å². The summed E-state index contributed by atoms with van der Waals surface area (Å²) >= 11 is 0. The summed E-state index contributed by atoms with van der Waals surface area (Å²) in [6, 6.07) is 8.31. The minimum absolute atomic E-state index is 0.0399. The molecule has 0 saturated carbocycles. The summed E-state index contributed by atoms with van der Waals surface area (Å²) in [5, 5.41) is 4.92.